The first kappa shape index (κ1) is 22.3. The van der Waals surface area contributed by atoms with Crippen LogP contribution in [0.15, 0.2) is 30.3 Å². The lowest BCUT2D eigenvalue weighted by molar-refractivity contribution is 0.576. The summed E-state index contributed by atoms with van der Waals surface area (Å²) in [6.45, 7) is 13.6. The van der Waals surface area contributed by atoms with Crippen LogP contribution in [0.3, 0.4) is 0 Å². The van der Waals surface area contributed by atoms with E-state index in [0.717, 1.165) is 63.3 Å². The van der Waals surface area contributed by atoms with Crippen LogP contribution in [0.5, 0.6) is 0 Å². The highest BCUT2D eigenvalue weighted by atomic mass is 15.3. The zero-order valence-electron chi connectivity index (χ0n) is 21.0. The van der Waals surface area contributed by atoms with Crippen molar-refractivity contribution < 1.29 is 0 Å². The Kier molecular flexibility index (Phi) is 5.98. The smallest absolute Gasteiger partial charge is 0.129 e. The molecule has 182 valence electrons. The van der Waals surface area contributed by atoms with Crippen molar-refractivity contribution in [2.45, 2.75) is 64.0 Å². The SMILES string of the molecule is CC(C)c1cc(CC(C)c2cccc(N3CC[C@H]4CNC[C@H]43)n2)cc(N2CC[C@@H]3CNC[C@@H]32)n1. The van der Waals surface area contributed by atoms with Crippen LogP contribution in [0, 0.1) is 11.8 Å². The van der Waals surface area contributed by atoms with Crippen molar-refractivity contribution in [1.29, 1.82) is 0 Å². The van der Waals surface area contributed by atoms with Gasteiger partial charge in [-0.05, 0) is 66.8 Å². The minimum atomic E-state index is 0.370. The lowest BCUT2D eigenvalue weighted by atomic mass is 9.96. The van der Waals surface area contributed by atoms with Crippen LogP contribution in [0.25, 0.3) is 0 Å². The first-order valence-electron chi connectivity index (χ1n) is 13.5. The predicted molar refractivity (Wildman–Crippen MR) is 139 cm³/mol. The molecule has 0 bridgehead atoms. The Morgan fingerprint density at radius 1 is 0.824 bits per heavy atom. The Morgan fingerprint density at radius 2 is 1.47 bits per heavy atom. The highest BCUT2D eigenvalue weighted by Gasteiger charge is 2.39. The lowest BCUT2D eigenvalue weighted by Crippen LogP contribution is -2.35. The second-order valence-corrected chi connectivity index (χ2v) is 11.4. The first-order chi connectivity index (χ1) is 16.6. The van der Waals surface area contributed by atoms with Gasteiger partial charge in [-0.1, -0.05) is 26.8 Å². The fraction of sp³-hybridized carbons (Fsp3) is 0.643. The zero-order valence-corrected chi connectivity index (χ0v) is 21.0. The van der Waals surface area contributed by atoms with E-state index in [9.17, 15) is 0 Å². The molecule has 0 amide bonds. The molecule has 0 radical (unpaired) electrons. The number of nitrogens with zero attached hydrogens (tertiary/aromatic N) is 4. The van der Waals surface area contributed by atoms with Crippen molar-refractivity contribution >= 4 is 11.6 Å². The number of rotatable bonds is 6. The maximum Gasteiger partial charge on any atom is 0.129 e. The Morgan fingerprint density at radius 3 is 2.15 bits per heavy atom. The van der Waals surface area contributed by atoms with Gasteiger partial charge in [0.15, 0.2) is 0 Å². The standard InChI is InChI=1S/C28H40N6/c1-18(2)24-12-20(13-28(32-24)34-10-8-22-15-30-17-26(22)34)11-19(3)23-5-4-6-27(31-23)33-9-7-21-14-29-16-25(21)33/h4-6,12-13,18-19,21-22,25-26,29-30H,7-11,14-17H2,1-3H3/t19?,21-,22+,25+,26-/m0/s1. The normalized spacial score (nSPS) is 29.2. The highest BCUT2D eigenvalue weighted by Crippen LogP contribution is 2.34. The molecule has 0 saturated carbocycles. The number of pyridine rings is 2. The third-order valence-corrected chi connectivity index (χ3v) is 8.76. The molecule has 2 aromatic rings. The average molecular weight is 461 g/mol. The van der Waals surface area contributed by atoms with Gasteiger partial charge in [-0.3, -0.25) is 0 Å². The number of hydrogen-bond acceptors (Lipinski definition) is 6. The topological polar surface area (TPSA) is 56.3 Å². The first-order valence-corrected chi connectivity index (χ1v) is 13.5. The van der Waals surface area contributed by atoms with E-state index >= 15 is 0 Å². The summed E-state index contributed by atoms with van der Waals surface area (Å²) >= 11 is 0. The van der Waals surface area contributed by atoms with E-state index in [1.807, 2.05) is 0 Å². The van der Waals surface area contributed by atoms with Crippen molar-refractivity contribution in [3.63, 3.8) is 0 Å². The van der Waals surface area contributed by atoms with Gasteiger partial charge in [0.25, 0.3) is 0 Å². The van der Waals surface area contributed by atoms with Gasteiger partial charge in [-0.15, -0.1) is 0 Å². The number of anilines is 2. The summed E-state index contributed by atoms with van der Waals surface area (Å²) in [7, 11) is 0. The van der Waals surface area contributed by atoms with Gasteiger partial charge in [-0.2, -0.15) is 0 Å². The van der Waals surface area contributed by atoms with Crippen LogP contribution >= 0.6 is 0 Å². The molecule has 0 aromatic carbocycles. The summed E-state index contributed by atoms with van der Waals surface area (Å²) in [5.74, 6) is 4.71. The quantitative estimate of drug-likeness (QED) is 0.688. The maximum atomic E-state index is 5.18. The Bertz CT molecular complexity index is 1020. The van der Waals surface area contributed by atoms with Crippen LogP contribution in [0.4, 0.5) is 11.6 Å². The molecule has 6 heterocycles. The summed E-state index contributed by atoms with van der Waals surface area (Å²) in [5.41, 5.74) is 3.81. The highest BCUT2D eigenvalue weighted by molar-refractivity contribution is 5.47. The van der Waals surface area contributed by atoms with E-state index in [4.69, 9.17) is 9.97 Å². The molecular formula is C28H40N6. The molecule has 2 N–H and O–H groups in total. The maximum absolute atomic E-state index is 5.18. The van der Waals surface area contributed by atoms with Gasteiger partial charge in [0.05, 0.1) is 0 Å². The molecule has 4 aliphatic rings. The average Bonchev–Trinajstić information content (AvgIpc) is 3.60. The minimum absolute atomic E-state index is 0.370. The van der Waals surface area contributed by atoms with Crippen LogP contribution in [-0.4, -0.2) is 61.3 Å². The molecule has 0 aliphatic carbocycles. The van der Waals surface area contributed by atoms with E-state index in [1.54, 1.807) is 0 Å². The largest absolute Gasteiger partial charge is 0.352 e. The summed E-state index contributed by atoms with van der Waals surface area (Å²) in [5, 5.41) is 7.15. The van der Waals surface area contributed by atoms with E-state index < -0.39 is 0 Å². The lowest BCUT2D eigenvalue weighted by Gasteiger charge is -2.27. The number of hydrogen-bond donors (Lipinski definition) is 2. The molecule has 4 aliphatic heterocycles. The molecule has 6 heteroatoms. The molecule has 6 nitrogen and oxygen atoms in total. The van der Waals surface area contributed by atoms with Gasteiger partial charge < -0.3 is 20.4 Å². The summed E-state index contributed by atoms with van der Waals surface area (Å²) in [6.07, 6.45) is 3.56. The van der Waals surface area contributed by atoms with Gasteiger partial charge in [0.2, 0.25) is 0 Å². The van der Waals surface area contributed by atoms with Crippen LogP contribution < -0.4 is 20.4 Å². The monoisotopic (exact) mass is 460 g/mol. The van der Waals surface area contributed by atoms with Crippen LogP contribution in [0.2, 0.25) is 0 Å². The summed E-state index contributed by atoms with van der Waals surface area (Å²) in [4.78, 5) is 15.4. The molecule has 4 fully saturated rings. The molecule has 34 heavy (non-hydrogen) atoms. The zero-order chi connectivity index (χ0) is 23.2. The Labute approximate surface area is 204 Å². The number of aromatic nitrogens is 2. The predicted octanol–water partition coefficient (Wildman–Crippen LogP) is 3.54. The van der Waals surface area contributed by atoms with E-state index in [-0.39, 0.29) is 0 Å². The summed E-state index contributed by atoms with van der Waals surface area (Å²) in [6, 6.07) is 12.6. The van der Waals surface area contributed by atoms with Crippen molar-refractivity contribution in [3.05, 3.63) is 47.3 Å². The van der Waals surface area contributed by atoms with Crippen molar-refractivity contribution in [1.82, 2.24) is 20.6 Å². The fourth-order valence-electron chi connectivity index (χ4n) is 6.75. The molecule has 1 unspecified atom stereocenters. The second kappa shape index (κ2) is 9.12. The molecule has 2 aromatic heterocycles. The van der Waals surface area contributed by atoms with Crippen LogP contribution in [-0.2, 0) is 6.42 Å². The molecule has 0 spiro atoms. The van der Waals surface area contributed by atoms with Gasteiger partial charge in [-0.25, -0.2) is 9.97 Å². The van der Waals surface area contributed by atoms with Crippen molar-refractivity contribution in [2.75, 3.05) is 49.1 Å². The fourth-order valence-corrected chi connectivity index (χ4v) is 6.75. The van der Waals surface area contributed by atoms with Gasteiger partial charge in [0.1, 0.15) is 11.6 Å². The van der Waals surface area contributed by atoms with Crippen molar-refractivity contribution in [3.8, 4) is 0 Å². The van der Waals surface area contributed by atoms with E-state index in [0.29, 0.717) is 23.9 Å². The molecule has 4 saturated heterocycles. The Balaban J connectivity index is 1.23. The summed E-state index contributed by atoms with van der Waals surface area (Å²) < 4.78 is 0. The number of nitrogens with one attached hydrogen (secondary N) is 2. The van der Waals surface area contributed by atoms with Gasteiger partial charge >= 0.3 is 0 Å². The third kappa shape index (κ3) is 4.09. The molecule has 5 atom stereocenters. The molecule has 6 rings (SSSR count). The van der Waals surface area contributed by atoms with Gasteiger partial charge in [0, 0.05) is 68.7 Å². The third-order valence-electron chi connectivity index (χ3n) is 8.76. The minimum Gasteiger partial charge on any atom is -0.352 e. The second-order valence-electron chi connectivity index (χ2n) is 11.4. The van der Waals surface area contributed by atoms with E-state index in [1.165, 1.54) is 35.6 Å². The van der Waals surface area contributed by atoms with E-state index in [2.05, 4.69) is 71.5 Å². The number of fused-ring (bicyclic) bond motifs is 2. The van der Waals surface area contributed by atoms with Crippen molar-refractivity contribution in [2.24, 2.45) is 11.8 Å². The molecular weight excluding hydrogens is 420 g/mol. The van der Waals surface area contributed by atoms with Crippen LogP contribution in [0.1, 0.15) is 62.4 Å². The Hall–Kier alpha value is -2.18.